The van der Waals surface area contributed by atoms with Crippen LogP contribution in [0, 0.1) is 0 Å². The van der Waals surface area contributed by atoms with Gasteiger partial charge in [0.15, 0.2) is 0 Å². The standard InChI is InChI=1S/C19H21NO4S/c1-22-14-6-4-5-13(11-14)18(21)20-9-10-25-19(20)16-12-15(23-2)7-8-17(16)24-3/h4-8,11-12,19H,9-10H2,1-3H3. The molecular formula is C19H21NO4S. The quantitative estimate of drug-likeness (QED) is 0.816. The Kier molecular flexibility index (Phi) is 5.38. The number of ether oxygens (including phenoxy) is 3. The number of methoxy groups -OCH3 is 3. The van der Waals surface area contributed by atoms with Crippen LogP contribution in [0.4, 0.5) is 0 Å². The van der Waals surface area contributed by atoms with Crippen molar-refractivity contribution in [2.24, 2.45) is 0 Å². The third-order valence-electron chi connectivity index (χ3n) is 4.17. The maximum atomic E-state index is 13.0. The zero-order chi connectivity index (χ0) is 17.8. The molecule has 1 unspecified atom stereocenters. The van der Waals surface area contributed by atoms with E-state index in [1.165, 1.54) is 0 Å². The van der Waals surface area contributed by atoms with Crippen LogP contribution in [-0.2, 0) is 0 Å². The highest BCUT2D eigenvalue weighted by Crippen LogP contribution is 2.43. The minimum atomic E-state index is -0.108. The average molecular weight is 359 g/mol. The zero-order valence-corrected chi connectivity index (χ0v) is 15.3. The fourth-order valence-electron chi connectivity index (χ4n) is 2.89. The summed E-state index contributed by atoms with van der Waals surface area (Å²) in [5.41, 5.74) is 1.56. The van der Waals surface area contributed by atoms with Crippen molar-refractivity contribution in [3.05, 3.63) is 53.6 Å². The van der Waals surface area contributed by atoms with Crippen LogP contribution in [0.2, 0.25) is 0 Å². The molecule has 25 heavy (non-hydrogen) atoms. The van der Waals surface area contributed by atoms with Crippen molar-refractivity contribution in [2.45, 2.75) is 5.37 Å². The molecule has 0 radical (unpaired) electrons. The molecule has 0 aliphatic carbocycles. The molecule has 2 aromatic carbocycles. The van der Waals surface area contributed by atoms with Crippen molar-refractivity contribution in [3.63, 3.8) is 0 Å². The smallest absolute Gasteiger partial charge is 0.255 e. The summed E-state index contributed by atoms with van der Waals surface area (Å²) < 4.78 is 16.1. The molecule has 0 bridgehead atoms. The predicted octanol–water partition coefficient (Wildman–Crippen LogP) is 3.60. The Morgan fingerprint density at radius 3 is 2.52 bits per heavy atom. The fraction of sp³-hybridized carbons (Fsp3) is 0.316. The SMILES string of the molecule is COc1cccc(C(=O)N2CCSC2c2cc(OC)ccc2OC)c1. The number of carbonyl (C=O) groups excluding carboxylic acids is 1. The number of amides is 1. The lowest BCUT2D eigenvalue weighted by Crippen LogP contribution is -2.30. The summed E-state index contributed by atoms with van der Waals surface area (Å²) >= 11 is 1.72. The van der Waals surface area contributed by atoms with E-state index >= 15 is 0 Å². The first-order valence-corrected chi connectivity index (χ1v) is 9.01. The number of benzene rings is 2. The highest BCUT2D eigenvalue weighted by Gasteiger charge is 2.33. The number of carbonyl (C=O) groups is 1. The van der Waals surface area contributed by atoms with E-state index in [2.05, 4.69) is 0 Å². The van der Waals surface area contributed by atoms with E-state index in [1.807, 2.05) is 41.3 Å². The van der Waals surface area contributed by atoms with Crippen LogP contribution in [0.25, 0.3) is 0 Å². The normalized spacial score (nSPS) is 16.6. The second kappa shape index (κ2) is 7.70. The number of hydrogen-bond acceptors (Lipinski definition) is 5. The van der Waals surface area contributed by atoms with Gasteiger partial charge in [0, 0.05) is 23.4 Å². The summed E-state index contributed by atoms with van der Waals surface area (Å²) in [6, 6.07) is 12.9. The third-order valence-corrected chi connectivity index (χ3v) is 5.41. The molecule has 0 N–H and O–H groups in total. The van der Waals surface area contributed by atoms with Crippen molar-refractivity contribution >= 4 is 17.7 Å². The van der Waals surface area contributed by atoms with Gasteiger partial charge < -0.3 is 19.1 Å². The van der Waals surface area contributed by atoms with Gasteiger partial charge in [-0.2, -0.15) is 0 Å². The van der Waals surface area contributed by atoms with Crippen molar-refractivity contribution in [3.8, 4) is 17.2 Å². The topological polar surface area (TPSA) is 48.0 Å². The summed E-state index contributed by atoms with van der Waals surface area (Å²) in [6.45, 7) is 0.686. The maximum Gasteiger partial charge on any atom is 0.255 e. The number of hydrogen-bond donors (Lipinski definition) is 0. The Hall–Kier alpha value is -2.34. The molecule has 1 heterocycles. The molecule has 132 valence electrons. The molecule has 5 nitrogen and oxygen atoms in total. The summed E-state index contributed by atoms with van der Waals surface area (Å²) in [5.74, 6) is 3.04. The average Bonchev–Trinajstić information content (AvgIpc) is 3.16. The molecule has 1 aliphatic heterocycles. The minimum absolute atomic E-state index is 0.0150. The number of rotatable bonds is 5. The van der Waals surface area contributed by atoms with Gasteiger partial charge in [-0.3, -0.25) is 4.79 Å². The maximum absolute atomic E-state index is 13.0. The number of thioether (sulfide) groups is 1. The molecule has 1 aliphatic rings. The highest BCUT2D eigenvalue weighted by molar-refractivity contribution is 7.99. The Balaban J connectivity index is 1.93. The molecule has 3 rings (SSSR count). The van der Waals surface area contributed by atoms with Crippen molar-refractivity contribution in [1.29, 1.82) is 0 Å². The molecule has 0 aromatic heterocycles. The third kappa shape index (κ3) is 3.54. The monoisotopic (exact) mass is 359 g/mol. The summed E-state index contributed by atoms with van der Waals surface area (Å²) in [7, 11) is 4.87. The van der Waals surface area contributed by atoms with Gasteiger partial charge in [-0.05, 0) is 36.4 Å². The molecule has 0 spiro atoms. The van der Waals surface area contributed by atoms with E-state index in [0.29, 0.717) is 17.9 Å². The minimum Gasteiger partial charge on any atom is -0.497 e. The van der Waals surface area contributed by atoms with Crippen LogP contribution in [0.15, 0.2) is 42.5 Å². The van der Waals surface area contributed by atoms with Gasteiger partial charge >= 0.3 is 0 Å². The Bertz CT molecular complexity index is 765. The van der Waals surface area contributed by atoms with Crippen LogP contribution in [-0.4, -0.2) is 44.4 Å². The summed E-state index contributed by atoms with van der Waals surface area (Å²) in [6.07, 6.45) is 0. The van der Waals surface area contributed by atoms with Crippen LogP contribution >= 0.6 is 11.8 Å². The van der Waals surface area contributed by atoms with Crippen LogP contribution in [0.1, 0.15) is 21.3 Å². The Morgan fingerprint density at radius 1 is 1.04 bits per heavy atom. The van der Waals surface area contributed by atoms with Crippen molar-refractivity contribution in [2.75, 3.05) is 33.6 Å². The number of nitrogens with zero attached hydrogens (tertiary/aromatic N) is 1. The van der Waals surface area contributed by atoms with Crippen LogP contribution in [0.5, 0.6) is 17.2 Å². The van der Waals surface area contributed by atoms with Crippen LogP contribution < -0.4 is 14.2 Å². The molecule has 0 saturated carbocycles. The van der Waals surface area contributed by atoms with E-state index < -0.39 is 0 Å². The van der Waals surface area contributed by atoms with E-state index in [-0.39, 0.29) is 11.3 Å². The molecule has 1 fully saturated rings. The predicted molar refractivity (Wildman–Crippen MR) is 98.8 cm³/mol. The summed E-state index contributed by atoms with van der Waals surface area (Å²) in [5, 5.41) is -0.108. The molecule has 1 atom stereocenters. The van der Waals surface area contributed by atoms with Gasteiger partial charge in [-0.15, -0.1) is 11.8 Å². The van der Waals surface area contributed by atoms with Gasteiger partial charge in [0.1, 0.15) is 22.6 Å². The van der Waals surface area contributed by atoms with Crippen LogP contribution in [0.3, 0.4) is 0 Å². The van der Waals surface area contributed by atoms with Crippen molar-refractivity contribution in [1.82, 2.24) is 4.90 Å². The first-order chi connectivity index (χ1) is 12.2. The second-order valence-corrected chi connectivity index (χ2v) is 6.75. The molecule has 1 amide bonds. The molecule has 2 aromatic rings. The van der Waals surface area contributed by atoms with Gasteiger partial charge in [0.25, 0.3) is 5.91 Å². The van der Waals surface area contributed by atoms with Gasteiger partial charge in [0.05, 0.1) is 21.3 Å². The van der Waals surface area contributed by atoms with E-state index in [0.717, 1.165) is 22.8 Å². The van der Waals surface area contributed by atoms with Gasteiger partial charge in [-0.25, -0.2) is 0 Å². The Labute approximate surface area is 151 Å². The first kappa shape index (κ1) is 17.5. The summed E-state index contributed by atoms with van der Waals surface area (Å²) in [4.78, 5) is 14.9. The molecule has 6 heteroatoms. The first-order valence-electron chi connectivity index (χ1n) is 7.96. The highest BCUT2D eigenvalue weighted by atomic mass is 32.2. The van der Waals surface area contributed by atoms with Gasteiger partial charge in [0.2, 0.25) is 0 Å². The fourth-order valence-corrected chi connectivity index (χ4v) is 4.16. The lowest BCUT2D eigenvalue weighted by atomic mass is 10.1. The zero-order valence-electron chi connectivity index (χ0n) is 14.5. The lowest BCUT2D eigenvalue weighted by Gasteiger charge is -2.26. The van der Waals surface area contributed by atoms with E-state index in [1.54, 1.807) is 39.2 Å². The largest absolute Gasteiger partial charge is 0.497 e. The molecule has 1 saturated heterocycles. The van der Waals surface area contributed by atoms with Crippen molar-refractivity contribution < 1.29 is 19.0 Å². The second-order valence-electron chi connectivity index (χ2n) is 5.56. The lowest BCUT2D eigenvalue weighted by molar-refractivity contribution is 0.0759. The van der Waals surface area contributed by atoms with Gasteiger partial charge in [-0.1, -0.05) is 6.07 Å². The molecular weight excluding hydrogens is 338 g/mol. The van der Waals surface area contributed by atoms with E-state index in [4.69, 9.17) is 14.2 Å². The Morgan fingerprint density at radius 2 is 1.80 bits per heavy atom. The van der Waals surface area contributed by atoms with E-state index in [9.17, 15) is 4.79 Å².